The molecule has 19 heavy (non-hydrogen) atoms. The topological polar surface area (TPSA) is 12.0 Å². The lowest BCUT2D eigenvalue weighted by atomic mass is 9.52. The maximum Gasteiger partial charge on any atom is 0.123 e. The van der Waals surface area contributed by atoms with E-state index in [9.17, 15) is 4.39 Å². The minimum Gasteiger partial charge on any atom is -0.316 e. The van der Waals surface area contributed by atoms with Crippen LogP contribution in [0.15, 0.2) is 24.3 Å². The van der Waals surface area contributed by atoms with Crippen LogP contribution in [0.4, 0.5) is 4.39 Å². The number of halogens is 1. The van der Waals surface area contributed by atoms with Gasteiger partial charge in [-0.2, -0.15) is 0 Å². The first-order valence-corrected chi connectivity index (χ1v) is 7.30. The summed E-state index contributed by atoms with van der Waals surface area (Å²) in [6, 6.07) is 7.10. The summed E-state index contributed by atoms with van der Waals surface area (Å²) in [4.78, 5) is 0. The van der Waals surface area contributed by atoms with Gasteiger partial charge in [-0.3, -0.25) is 0 Å². The first-order chi connectivity index (χ1) is 8.83. The molecule has 0 heterocycles. The third-order valence-corrected chi connectivity index (χ3v) is 4.11. The predicted molar refractivity (Wildman–Crippen MR) is 78.8 cm³/mol. The van der Waals surface area contributed by atoms with Gasteiger partial charge in [-0.05, 0) is 48.4 Å². The van der Waals surface area contributed by atoms with Crippen molar-refractivity contribution in [1.82, 2.24) is 5.32 Å². The van der Waals surface area contributed by atoms with Crippen molar-refractivity contribution in [3.63, 3.8) is 0 Å². The van der Waals surface area contributed by atoms with Crippen molar-refractivity contribution in [3.8, 4) is 0 Å². The lowest BCUT2D eigenvalue weighted by Crippen LogP contribution is -2.52. The van der Waals surface area contributed by atoms with Gasteiger partial charge in [0.2, 0.25) is 0 Å². The van der Waals surface area contributed by atoms with Crippen molar-refractivity contribution in [1.29, 1.82) is 0 Å². The number of hydrogen-bond donors (Lipinski definition) is 1. The number of benzene rings is 1. The molecule has 1 nitrogen and oxygen atoms in total. The Hall–Kier alpha value is -0.890. The second-order valence-corrected chi connectivity index (χ2v) is 7.33. The number of hydrogen-bond acceptors (Lipinski definition) is 1. The third kappa shape index (κ3) is 3.36. The molecule has 0 aromatic heterocycles. The van der Waals surface area contributed by atoms with E-state index >= 15 is 0 Å². The van der Waals surface area contributed by atoms with E-state index in [0.29, 0.717) is 11.3 Å². The van der Waals surface area contributed by atoms with E-state index in [0.717, 1.165) is 13.1 Å². The predicted octanol–water partition coefficient (Wildman–Crippen LogP) is 4.13. The molecule has 2 rings (SSSR count). The van der Waals surface area contributed by atoms with Crippen molar-refractivity contribution < 1.29 is 4.39 Å². The van der Waals surface area contributed by atoms with Crippen LogP contribution in [0.25, 0.3) is 0 Å². The highest BCUT2D eigenvalue weighted by Crippen LogP contribution is 2.55. The third-order valence-electron chi connectivity index (χ3n) is 4.11. The Bertz CT molecular complexity index is 411. The molecule has 106 valence electrons. The Morgan fingerprint density at radius 3 is 2.21 bits per heavy atom. The van der Waals surface area contributed by atoms with E-state index in [1.165, 1.54) is 18.4 Å². The van der Waals surface area contributed by atoms with Crippen molar-refractivity contribution >= 4 is 0 Å². The highest BCUT2D eigenvalue weighted by atomic mass is 19.1. The zero-order valence-corrected chi connectivity index (χ0v) is 12.6. The SMILES string of the molecule is CC(C)CNCC1(c2ccc(F)cc2)CC(C)(C)C1. The fourth-order valence-electron chi connectivity index (χ4n) is 3.62. The maximum absolute atomic E-state index is 13.1. The lowest BCUT2D eigenvalue weighted by molar-refractivity contribution is 0.0558. The lowest BCUT2D eigenvalue weighted by Gasteiger charge is -2.54. The smallest absolute Gasteiger partial charge is 0.123 e. The number of nitrogens with one attached hydrogen (secondary N) is 1. The molecule has 1 N–H and O–H groups in total. The molecular weight excluding hydrogens is 237 g/mol. The van der Waals surface area contributed by atoms with Gasteiger partial charge in [-0.25, -0.2) is 4.39 Å². The molecule has 0 saturated heterocycles. The van der Waals surface area contributed by atoms with Gasteiger partial charge in [0.1, 0.15) is 5.82 Å². The van der Waals surface area contributed by atoms with Crippen LogP contribution in [0.2, 0.25) is 0 Å². The van der Waals surface area contributed by atoms with Crippen molar-refractivity contribution in [2.45, 2.75) is 46.0 Å². The summed E-state index contributed by atoms with van der Waals surface area (Å²) >= 11 is 0. The molecule has 1 aromatic carbocycles. The second kappa shape index (κ2) is 5.24. The van der Waals surface area contributed by atoms with Crippen LogP contribution in [0.3, 0.4) is 0 Å². The Morgan fingerprint density at radius 1 is 1.16 bits per heavy atom. The molecule has 1 aromatic rings. The molecule has 0 amide bonds. The van der Waals surface area contributed by atoms with Gasteiger partial charge >= 0.3 is 0 Å². The number of rotatable bonds is 5. The molecule has 2 heteroatoms. The van der Waals surface area contributed by atoms with E-state index in [1.54, 1.807) is 12.1 Å². The van der Waals surface area contributed by atoms with Crippen LogP contribution < -0.4 is 5.32 Å². The zero-order valence-electron chi connectivity index (χ0n) is 12.6. The minimum atomic E-state index is -0.146. The molecule has 0 radical (unpaired) electrons. The standard InChI is InChI=1S/C17H26FN/c1-13(2)9-19-12-17(10-16(3,4)11-17)14-5-7-15(18)8-6-14/h5-8,13,19H,9-12H2,1-4H3. The molecule has 0 aliphatic heterocycles. The second-order valence-electron chi connectivity index (χ2n) is 7.33. The first-order valence-electron chi connectivity index (χ1n) is 7.30. The highest BCUT2D eigenvalue weighted by Gasteiger charge is 2.49. The van der Waals surface area contributed by atoms with E-state index in [-0.39, 0.29) is 11.2 Å². The van der Waals surface area contributed by atoms with Gasteiger partial charge in [0.05, 0.1) is 0 Å². The van der Waals surface area contributed by atoms with E-state index in [2.05, 4.69) is 33.0 Å². The van der Waals surface area contributed by atoms with Gasteiger partial charge in [-0.1, -0.05) is 39.8 Å². The van der Waals surface area contributed by atoms with Crippen LogP contribution in [-0.4, -0.2) is 13.1 Å². The fourth-order valence-corrected chi connectivity index (χ4v) is 3.62. The van der Waals surface area contributed by atoms with Crippen LogP contribution in [0.5, 0.6) is 0 Å². The van der Waals surface area contributed by atoms with Crippen molar-refractivity contribution in [2.75, 3.05) is 13.1 Å². The molecule has 0 spiro atoms. The van der Waals surface area contributed by atoms with Gasteiger partial charge in [-0.15, -0.1) is 0 Å². The van der Waals surface area contributed by atoms with Gasteiger partial charge in [0.25, 0.3) is 0 Å². The highest BCUT2D eigenvalue weighted by molar-refractivity contribution is 5.31. The Labute approximate surface area is 116 Å². The zero-order chi connectivity index (χ0) is 14.1. The molecular formula is C17H26FN. The average molecular weight is 263 g/mol. The summed E-state index contributed by atoms with van der Waals surface area (Å²) in [6.45, 7) is 11.1. The Morgan fingerprint density at radius 2 is 1.74 bits per heavy atom. The van der Waals surface area contributed by atoms with E-state index in [1.807, 2.05) is 12.1 Å². The van der Waals surface area contributed by atoms with E-state index in [4.69, 9.17) is 0 Å². The largest absolute Gasteiger partial charge is 0.316 e. The summed E-state index contributed by atoms with van der Waals surface area (Å²) in [5, 5.41) is 3.58. The normalized spacial score (nSPS) is 20.3. The van der Waals surface area contributed by atoms with Crippen molar-refractivity contribution in [3.05, 3.63) is 35.6 Å². The van der Waals surface area contributed by atoms with Crippen molar-refractivity contribution in [2.24, 2.45) is 11.3 Å². The summed E-state index contributed by atoms with van der Waals surface area (Å²) in [5.41, 5.74) is 1.89. The average Bonchev–Trinajstić information content (AvgIpc) is 2.26. The van der Waals surface area contributed by atoms with Gasteiger partial charge in [0, 0.05) is 12.0 Å². The van der Waals surface area contributed by atoms with E-state index < -0.39 is 0 Å². The Balaban J connectivity index is 2.10. The van der Waals surface area contributed by atoms with Gasteiger partial charge < -0.3 is 5.32 Å². The van der Waals surface area contributed by atoms with Crippen LogP contribution >= 0.6 is 0 Å². The monoisotopic (exact) mass is 263 g/mol. The quantitative estimate of drug-likeness (QED) is 0.842. The molecule has 0 bridgehead atoms. The minimum absolute atomic E-state index is 0.146. The Kier molecular flexibility index (Phi) is 4.00. The fraction of sp³-hybridized carbons (Fsp3) is 0.647. The molecule has 1 fully saturated rings. The molecule has 1 saturated carbocycles. The maximum atomic E-state index is 13.1. The summed E-state index contributed by atoms with van der Waals surface area (Å²) in [5.74, 6) is 0.519. The van der Waals surface area contributed by atoms with Crippen LogP contribution in [0.1, 0.15) is 46.1 Å². The van der Waals surface area contributed by atoms with Gasteiger partial charge in [0.15, 0.2) is 0 Å². The summed E-state index contributed by atoms with van der Waals surface area (Å²) in [7, 11) is 0. The van der Waals surface area contributed by atoms with Crippen LogP contribution in [-0.2, 0) is 5.41 Å². The summed E-state index contributed by atoms with van der Waals surface area (Å²) < 4.78 is 13.1. The van der Waals surface area contributed by atoms with Crippen LogP contribution in [0, 0.1) is 17.2 Å². The molecule has 0 atom stereocenters. The molecule has 1 aliphatic rings. The first kappa shape index (κ1) is 14.5. The molecule has 0 unspecified atom stereocenters. The summed E-state index contributed by atoms with van der Waals surface area (Å²) in [6.07, 6.45) is 2.35. The molecule has 1 aliphatic carbocycles.